The summed E-state index contributed by atoms with van der Waals surface area (Å²) in [5.74, 6) is -0.226. The van der Waals surface area contributed by atoms with E-state index in [-0.39, 0.29) is 12.0 Å². The van der Waals surface area contributed by atoms with E-state index in [1.165, 1.54) is 10.8 Å². The van der Waals surface area contributed by atoms with E-state index in [2.05, 4.69) is 29.6 Å². The molecule has 0 unspecified atom stereocenters. The van der Waals surface area contributed by atoms with Crippen molar-refractivity contribution in [1.29, 1.82) is 0 Å². The van der Waals surface area contributed by atoms with Gasteiger partial charge in [0.15, 0.2) is 0 Å². The van der Waals surface area contributed by atoms with Crippen LogP contribution in [0.25, 0.3) is 10.8 Å². The first kappa shape index (κ1) is 12.9. The SMILES string of the molecule is CCOC(=O)C1=CCN[C@H]1c1cccc2ccccc12. The summed E-state index contributed by atoms with van der Waals surface area (Å²) in [5.41, 5.74) is 1.84. The van der Waals surface area contributed by atoms with Crippen molar-refractivity contribution in [2.24, 2.45) is 0 Å². The molecule has 1 atom stereocenters. The maximum atomic E-state index is 12.0. The summed E-state index contributed by atoms with van der Waals surface area (Å²) in [5, 5.41) is 5.71. The lowest BCUT2D eigenvalue weighted by Gasteiger charge is -2.17. The quantitative estimate of drug-likeness (QED) is 0.869. The van der Waals surface area contributed by atoms with Crippen LogP contribution in [-0.2, 0) is 9.53 Å². The van der Waals surface area contributed by atoms with Gasteiger partial charge in [-0.2, -0.15) is 0 Å². The van der Waals surface area contributed by atoms with Gasteiger partial charge in [-0.25, -0.2) is 4.79 Å². The van der Waals surface area contributed by atoms with E-state index in [1.54, 1.807) is 0 Å². The van der Waals surface area contributed by atoms with Gasteiger partial charge in [-0.05, 0) is 23.3 Å². The molecule has 20 heavy (non-hydrogen) atoms. The van der Waals surface area contributed by atoms with Gasteiger partial charge in [-0.15, -0.1) is 0 Å². The lowest BCUT2D eigenvalue weighted by atomic mass is 9.95. The van der Waals surface area contributed by atoms with Crippen LogP contribution < -0.4 is 5.32 Å². The van der Waals surface area contributed by atoms with Crippen LogP contribution in [0, 0.1) is 0 Å². The van der Waals surface area contributed by atoms with E-state index in [4.69, 9.17) is 4.74 Å². The van der Waals surface area contributed by atoms with Crippen LogP contribution >= 0.6 is 0 Å². The van der Waals surface area contributed by atoms with Gasteiger partial charge in [-0.1, -0.05) is 48.5 Å². The number of fused-ring (bicyclic) bond motifs is 1. The summed E-state index contributed by atoms with van der Waals surface area (Å²) in [6.45, 7) is 2.92. The molecule has 1 heterocycles. The Morgan fingerprint density at radius 3 is 2.90 bits per heavy atom. The molecule has 2 aromatic carbocycles. The largest absolute Gasteiger partial charge is 0.463 e. The predicted molar refractivity (Wildman–Crippen MR) is 79.4 cm³/mol. The number of hydrogen-bond donors (Lipinski definition) is 1. The molecule has 1 aliphatic heterocycles. The van der Waals surface area contributed by atoms with Crippen molar-refractivity contribution in [2.45, 2.75) is 13.0 Å². The Morgan fingerprint density at radius 1 is 1.25 bits per heavy atom. The highest BCUT2D eigenvalue weighted by molar-refractivity contribution is 5.93. The second kappa shape index (κ2) is 5.47. The van der Waals surface area contributed by atoms with Crippen molar-refractivity contribution in [3.63, 3.8) is 0 Å². The second-order valence-electron chi connectivity index (χ2n) is 4.79. The standard InChI is InChI=1S/C17H17NO2/c1-2-20-17(19)15-10-11-18-16(15)14-9-5-7-12-6-3-4-8-13(12)14/h3-10,16,18H,2,11H2,1H3/t16-/m0/s1. The van der Waals surface area contributed by atoms with E-state index < -0.39 is 0 Å². The number of ether oxygens (including phenoxy) is 1. The van der Waals surface area contributed by atoms with Crippen LogP contribution in [0.1, 0.15) is 18.5 Å². The Bertz CT molecular complexity index is 670. The van der Waals surface area contributed by atoms with Gasteiger partial charge >= 0.3 is 5.97 Å². The number of benzene rings is 2. The van der Waals surface area contributed by atoms with Crippen LogP contribution in [0.15, 0.2) is 54.1 Å². The fourth-order valence-corrected chi connectivity index (χ4v) is 2.71. The number of rotatable bonds is 3. The van der Waals surface area contributed by atoms with Crippen molar-refractivity contribution in [3.8, 4) is 0 Å². The zero-order valence-electron chi connectivity index (χ0n) is 11.4. The molecule has 0 saturated heterocycles. The summed E-state index contributed by atoms with van der Waals surface area (Å²) in [4.78, 5) is 12.0. The summed E-state index contributed by atoms with van der Waals surface area (Å²) >= 11 is 0. The fourth-order valence-electron chi connectivity index (χ4n) is 2.71. The number of carbonyl (C=O) groups is 1. The Kier molecular flexibility index (Phi) is 3.52. The van der Waals surface area contributed by atoms with Gasteiger partial charge in [0.05, 0.1) is 18.2 Å². The zero-order chi connectivity index (χ0) is 13.9. The Balaban J connectivity index is 2.03. The molecule has 0 fully saturated rings. The fraction of sp³-hybridized carbons (Fsp3) is 0.235. The van der Waals surface area contributed by atoms with Crippen molar-refractivity contribution >= 4 is 16.7 Å². The van der Waals surface area contributed by atoms with E-state index >= 15 is 0 Å². The van der Waals surface area contributed by atoms with Gasteiger partial charge in [0.2, 0.25) is 0 Å². The van der Waals surface area contributed by atoms with Gasteiger partial charge in [-0.3, -0.25) is 0 Å². The van der Waals surface area contributed by atoms with E-state index in [0.29, 0.717) is 18.7 Å². The Morgan fingerprint density at radius 2 is 2.05 bits per heavy atom. The molecule has 102 valence electrons. The van der Waals surface area contributed by atoms with Crippen LogP contribution in [0.3, 0.4) is 0 Å². The minimum atomic E-state index is -0.226. The maximum Gasteiger partial charge on any atom is 0.335 e. The van der Waals surface area contributed by atoms with E-state index in [1.807, 2.05) is 31.2 Å². The highest BCUT2D eigenvalue weighted by atomic mass is 16.5. The maximum absolute atomic E-state index is 12.0. The van der Waals surface area contributed by atoms with Crippen LogP contribution in [0.4, 0.5) is 0 Å². The van der Waals surface area contributed by atoms with Gasteiger partial charge < -0.3 is 10.1 Å². The molecule has 0 radical (unpaired) electrons. The second-order valence-corrected chi connectivity index (χ2v) is 4.79. The van der Waals surface area contributed by atoms with E-state index in [0.717, 1.165) is 5.56 Å². The predicted octanol–water partition coefficient (Wildman–Crippen LogP) is 2.97. The topological polar surface area (TPSA) is 38.3 Å². The smallest absolute Gasteiger partial charge is 0.335 e. The highest BCUT2D eigenvalue weighted by Gasteiger charge is 2.27. The number of carbonyl (C=O) groups excluding carboxylic acids is 1. The van der Waals surface area contributed by atoms with Gasteiger partial charge in [0.1, 0.15) is 0 Å². The van der Waals surface area contributed by atoms with Crippen molar-refractivity contribution < 1.29 is 9.53 Å². The highest BCUT2D eigenvalue weighted by Crippen LogP contribution is 2.31. The third-order valence-corrected chi connectivity index (χ3v) is 3.60. The van der Waals surface area contributed by atoms with Gasteiger partial charge in [0, 0.05) is 6.54 Å². The first-order valence-corrected chi connectivity index (χ1v) is 6.89. The molecule has 2 aromatic rings. The average Bonchev–Trinajstić information content (AvgIpc) is 2.96. The number of hydrogen-bond acceptors (Lipinski definition) is 3. The molecule has 0 bridgehead atoms. The monoisotopic (exact) mass is 267 g/mol. The summed E-state index contributed by atoms with van der Waals surface area (Å²) < 4.78 is 5.14. The van der Waals surface area contributed by atoms with Crippen LogP contribution in [-0.4, -0.2) is 19.1 Å². The van der Waals surface area contributed by atoms with Crippen molar-refractivity contribution in [1.82, 2.24) is 5.32 Å². The normalized spacial score (nSPS) is 18.1. The van der Waals surface area contributed by atoms with Crippen LogP contribution in [0.2, 0.25) is 0 Å². The lowest BCUT2D eigenvalue weighted by Crippen LogP contribution is -2.21. The molecule has 3 nitrogen and oxygen atoms in total. The minimum absolute atomic E-state index is 0.0832. The van der Waals surface area contributed by atoms with Crippen molar-refractivity contribution in [3.05, 3.63) is 59.7 Å². The molecule has 3 rings (SSSR count). The molecule has 3 heteroatoms. The molecule has 0 spiro atoms. The minimum Gasteiger partial charge on any atom is -0.463 e. The van der Waals surface area contributed by atoms with Gasteiger partial charge in [0.25, 0.3) is 0 Å². The first-order valence-electron chi connectivity index (χ1n) is 6.89. The first-order chi connectivity index (χ1) is 9.81. The summed E-state index contributed by atoms with van der Waals surface area (Å²) in [7, 11) is 0. The van der Waals surface area contributed by atoms with Crippen LogP contribution in [0.5, 0.6) is 0 Å². The number of nitrogens with one attached hydrogen (secondary N) is 1. The number of esters is 1. The molecule has 0 saturated carbocycles. The van der Waals surface area contributed by atoms with E-state index in [9.17, 15) is 4.79 Å². The molecule has 0 aliphatic carbocycles. The summed E-state index contributed by atoms with van der Waals surface area (Å²) in [6.07, 6.45) is 1.92. The summed E-state index contributed by atoms with van der Waals surface area (Å²) in [6, 6.07) is 14.3. The molecule has 1 N–H and O–H groups in total. The molecule has 0 amide bonds. The zero-order valence-corrected chi connectivity index (χ0v) is 11.4. The average molecular weight is 267 g/mol. The Hall–Kier alpha value is -2.13. The third-order valence-electron chi connectivity index (χ3n) is 3.60. The molecule has 1 aliphatic rings. The van der Waals surface area contributed by atoms with Crippen molar-refractivity contribution in [2.75, 3.05) is 13.2 Å². The lowest BCUT2D eigenvalue weighted by molar-refractivity contribution is -0.138. The molecular formula is C17H17NO2. The third kappa shape index (κ3) is 2.21. The molecular weight excluding hydrogens is 250 g/mol. The Labute approximate surface area is 118 Å². The molecule has 0 aromatic heterocycles.